The van der Waals surface area contributed by atoms with E-state index in [-0.39, 0.29) is 11.8 Å². The van der Waals surface area contributed by atoms with Crippen LogP contribution in [0.3, 0.4) is 0 Å². The molecule has 1 aliphatic heterocycles. The number of nitrogens with zero attached hydrogens (tertiary/aromatic N) is 1. The van der Waals surface area contributed by atoms with Gasteiger partial charge in [0.15, 0.2) is 0 Å². The van der Waals surface area contributed by atoms with Crippen molar-refractivity contribution < 1.29 is 4.79 Å². The van der Waals surface area contributed by atoms with Crippen molar-refractivity contribution in [1.29, 1.82) is 0 Å². The maximum Gasteiger partial charge on any atom is 0.146 e. The summed E-state index contributed by atoms with van der Waals surface area (Å²) >= 11 is 0. The first-order valence-electron chi connectivity index (χ1n) is 4.06. The van der Waals surface area contributed by atoms with Gasteiger partial charge in [0.2, 0.25) is 0 Å². The third-order valence-corrected chi connectivity index (χ3v) is 2.41. The first-order valence-corrected chi connectivity index (χ1v) is 4.06. The van der Waals surface area contributed by atoms with Crippen molar-refractivity contribution in [2.24, 2.45) is 11.7 Å². The molecular formula is C8H16N2O. The monoisotopic (exact) mass is 156 g/mol. The maximum absolute atomic E-state index is 10.9. The molecule has 0 saturated carbocycles. The van der Waals surface area contributed by atoms with Gasteiger partial charge in [0.05, 0.1) is 6.04 Å². The molecule has 1 heterocycles. The van der Waals surface area contributed by atoms with Crippen molar-refractivity contribution in [1.82, 2.24) is 4.90 Å². The van der Waals surface area contributed by atoms with E-state index in [9.17, 15) is 4.79 Å². The molecule has 2 unspecified atom stereocenters. The van der Waals surface area contributed by atoms with Gasteiger partial charge in [0.25, 0.3) is 0 Å². The Labute approximate surface area is 67.5 Å². The predicted molar refractivity (Wildman–Crippen MR) is 44.3 cm³/mol. The van der Waals surface area contributed by atoms with E-state index in [0.717, 1.165) is 19.5 Å². The van der Waals surface area contributed by atoms with Gasteiger partial charge in [-0.15, -0.1) is 0 Å². The minimum Gasteiger partial charge on any atom is -0.321 e. The second-order valence-electron chi connectivity index (χ2n) is 3.45. The Bertz CT molecular complexity index is 158. The highest BCUT2D eigenvalue weighted by Gasteiger charge is 2.27. The third kappa shape index (κ3) is 2.01. The van der Waals surface area contributed by atoms with Crippen LogP contribution in [0.5, 0.6) is 0 Å². The first kappa shape index (κ1) is 8.68. The second-order valence-corrected chi connectivity index (χ2v) is 3.45. The molecule has 11 heavy (non-hydrogen) atoms. The number of hydrogen-bond acceptors (Lipinski definition) is 3. The molecule has 1 rings (SSSR count). The zero-order chi connectivity index (χ0) is 8.43. The van der Waals surface area contributed by atoms with E-state index < -0.39 is 0 Å². The third-order valence-electron chi connectivity index (χ3n) is 2.41. The molecule has 0 radical (unpaired) electrons. The van der Waals surface area contributed by atoms with Gasteiger partial charge in [-0.1, -0.05) is 0 Å². The summed E-state index contributed by atoms with van der Waals surface area (Å²) in [6.45, 7) is 3.62. The van der Waals surface area contributed by atoms with Gasteiger partial charge in [-0.25, -0.2) is 0 Å². The molecule has 1 fully saturated rings. The van der Waals surface area contributed by atoms with Crippen LogP contribution >= 0.6 is 0 Å². The van der Waals surface area contributed by atoms with Gasteiger partial charge in [0, 0.05) is 6.54 Å². The Morgan fingerprint density at radius 2 is 2.36 bits per heavy atom. The Kier molecular flexibility index (Phi) is 2.62. The summed E-state index contributed by atoms with van der Waals surface area (Å²) < 4.78 is 0. The number of rotatable bonds is 2. The van der Waals surface area contributed by atoms with E-state index in [4.69, 9.17) is 5.73 Å². The quantitative estimate of drug-likeness (QED) is 0.605. The number of nitrogens with two attached hydrogens (primary N) is 1. The Hall–Kier alpha value is -0.410. The molecule has 3 heteroatoms. The molecule has 0 amide bonds. The highest BCUT2D eigenvalue weighted by atomic mass is 16.1. The number of carbonyl (C=O) groups excluding carboxylic acids is 1. The fourth-order valence-corrected chi connectivity index (χ4v) is 1.59. The summed E-state index contributed by atoms with van der Waals surface area (Å²) in [6, 6.07) is -0.236. The van der Waals surface area contributed by atoms with Crippen molar-refractivity contribution in [3.05, 3.63) is 0 Å². The van der Waals surface area contributed by atoms with E-state index in [1.54, 1.807) is 6.92 Å². The summed E-state index contributed by atoms with van der Waals surface area (Å²) in [5, 5.41) is 0. The summed E-state index contributed by atoms with van der Waals surface area (Å²) in [7, 11) is 2.06. The summed E-state index contributed by atoms with van der Waals surface area (Å²) in [5.74, 6) is 0.503. The normalized spacial score (nSPS) is 28.8. The molecule has 0 aliphatic carbocycles. The second kappa shape index (κ2) is 3.32. The molecule has 0 aromatic carbocycles. The summed E-state index contributed by atoms with van der Waals surface area (Å²) in [4.78, 5) is 13.1. The number of likely N-dealkylation sites (tertiary alicyclic amines) is 1. The zero-order valence-corrected chi connectivity index (χ0v) is 7.21. The van der Waals surface area contributed by atoms with Crippen molar-refractivity contribution in [3.8, 4) is 0 Å². The van der Waals surface area contributed by atoms with Crippen molar-refractivity contribution in [2.45, 2.75) is 19.4 Å². The Morgan fingerprint density at radius 1 is 1.73 bits per heavy atom. The van der Waals surface area contributed by atoms with Crippen LogP contribution in [-0.4, -0.2) is 36.9 Å². The van der Waals surface area contributed by atoms with Crippen molar-refractivity contribution in [3.63, 3.8) is 0 Å². The van der Waals surface area contributed by atoms with Gasteiger partial charge in [-0.05, 0) is 32.9 Å². The van der Waals surface area contributed by atoms with Crippen molar-refractivity contribution in [2.75, 3.05) is 20.1 Å². The number of Topliss-reactive ketones (excluding diaryl/α,β-unsaturated/α-hetero) is 1. The fourth-order valence-electron chi connectivity index (χ4n) is 1.59. The summed E-state index contributed by atoms with van der Waals surface area (Å²) in [5.41, 5.74) is 5.71. The largest absolute Gasteiger partial charge is 0.321 e. The van der Waals surface area contributed by atoms with E-state index in [0.29, 0.717) is 5.92 Å². The van der Waals surface area contributed by atoms with Gasteiger partial charge < -0.3 is 10.6 Å². The van der Waals surface area contributed by atoms with E-state index in [1.165, 1.54) is 0 Å². The molecule has 0 bridgehead atoms. The molecule has 1 aliphatic rings. The predicted octanol–water partition coefficient (Wildman–Crippen LogP) is -0.146. The molecule has 2 atom stereocenters. The van der Waals surface area contributed by atoms with Gasteiger partial charge in [-0.2, -0.15) is 0 Å². The average Bonchev–Trinajstić information content (AvgIpc) is 2.34. The SMILES string of the molecule is CC(=O)C(N)C1CCN(C)C1. The number of carbonyl (C=O) groups is 1. The highest BCUT2D eigenvalue weighted by molar-refractivity contribution is 5.81. The van der Waals surface area contributed by atoms with Crippen LogP contribution in [0.1, 0.15) is 13.3 Å². The topological polar surface area (TPSA) is 46.3 Å². The van der Waals surface area contributed by atoms with Crippen LogP contribution < -0.4 is 5.73 Å². The molecule has 2 N–H and O–H groups in total. The maximum atomic E-state index is 10.9. The smallest absolute Gasteiger partial charge is 0.146 e. The Morgan fingerprint density at radius 3 is 2.73 bits per heavy atom. The van der Waals surface area contributed by atoms with Crippen LogP contribution in [0.2, 0.25) is 0 Å². The minimum absolute atomic E-state index is 0.116. The number of ketones is 1. The number of hydrogen-bond donors (Lipinski definition) is 1. The van der Waals surface area contributed by atoms with E-state index in [2.05, 4.69) is 11.9 Å². The first-order chi connectivity index (χ1) is 5.11. The molecule has 0 aromatic heterocycles. The fraction of sp³-hybridized carbons (Fsp3) is 0.875. The molecule has 1 saturated heterocycles. The van der Waals surface area contributed by atoms with Crippen LogP contribution in [0.4, 0.5) is 0 Å². The zero-order valence-electron chi connectivity index (χ0n) is 7.21. The molecule has 0 aromatic rings. The van der Waals surface area contributed by atoms with Gasteiger partial charge in [0.1, 0.15) is 5.78 Å². The van der Waals surface area contributed by atoms with Crippen LogP contribution in [0, 0.1) is 5.92 Å². The molecule has 3 nitrogen and oxygen atoms in total. The lowest BCUT2D eigenvalue weighted by Crippen LogP contribution is -2.37. The minimum atomic E-state index is -0.236. The van der Waals surface area contributed by atoms with Crippen molar-refractivity contribution >= 4 is 5.78 Å². The summed E-state index contributed by atoms with van der Waals surface area (Å²) in [6.07, 6.45) is 1.07. The lowest BCUT2D eigenvalue weighted by molar-refractivity contribution is -0.119. The van der Waals surface area contributed by atoms with Crippen LogP contribution in [0.15, 0.2) is 0 Å². The average molecular weight is 156 g/mol. The Balaban J connectivity index is 2.43. The lowest BCUT2D eigenvalue weighted by Gasteiger charge is -2.15. The standard InChI is InChI=1S/C8H16N2O/c1-6(11)8(9)7-3-4-10(2)5-7/h7-8H,3-5,9H2,1-2H3. The lowest BCUT2D eigenvalue weighted by atomic mass is 9.97. The van der Waals surface area contributed by atoms with Crippen LogP contribution in [-0.2, 0) is 4.79 Å². The van der Waals surface area contributed by atoms with Gasteiger partial charge in [-0.3, -0.25) is 4.79 Å². The van der Waals surface area contributed by atoms with Crippen LogP contribution in [0.25, 0.3) is 0 Å². The van der Waals surface area contributed by atoms with E-state index >= 15 is 0 Å². The molecule has 64 valence electrons. The highest BCUT2D eigenvalue weighted by Crippen LogP contribution is 2.17. The molecule has 0 spiro atoms. The molecular weight excluding hydrogens is 140 g/mol. The van der Waals surface area contributed by atoms with E-state index in [1.807, 2.05) is 0 Å². The van der Waals surface area contributed by atoms with Gasteiger partial charge >= 0.3 is 0 Å².